The Morgan fingerprint density at radius 2 is 2.14 bits per heavy atom. The molecule has 0 fully saturated rings. The molecule has 0 aliphatic heterocycles. The van der Waals surface area contributed by atoms with Gasteiger partial charge in [0.15, 0.2) is 5.96 Å². The van der Waals surface area contributed by atoms with Crippen LogP contribution in [0.5, 0.6) is 5.75 Å². The van der Waals surface area contributed by atoms with Crippen molar-refractivity contribution in [2.45, 2.75) is 26.8 Å². The number of halogens is 1. The Morgan fingerprint density at radius 1 is 1.39 bits per heavy atom. The van der Waals surface area contributed by atoms with Gasteiger partial charge in [0.1, 0.15) is 22.2 Å². The molecule has 1 heterocycles. The Morgan fingerprint density at radius 3 is 2.82 bits per heavy atom. The van der Waals surface area contributed by atoms with Crippen LogP contribution in [0, 0.1) is 6.92 Å². The molecule has 0 bridgehead atoms. The van der Waals surface area contributed by atoms with Gasteiger partial charge in [-0.15, -0.1) is 11.3 Å². The molecule has 9 heteroatoms. The number of aliphatic imine (C=N–C) groups is 1. The lowest BCUT2D eigenvalue weighted by atomic mass is 10.3. The number of hydrogen-bond acceptors (Lipinski definition) is 6. The maximum Gasteiger partial charge on any atom is 0.350 e. The van der Waals surface area contributed by atoms with Gasteiger partial charge in [0.25, 0.3) is 0 Å². The Bertz CT molecular complexity index is 825. The van der Waals surface area contributed by atoms with Crippen LogP contribution in [0.1, 0.15) is 40.3 Å². The van der Waals surface area contributed by atoms with Crippen LogP contribution < -0.4 is 15.4 Å². The van der Waals surface area contributed by atoms with E-state index in [0.29, 0.717) is 47.1 Å². The number of nitrogens with zero attached hydrogens (tertiary/aromatic N) is 2. The van der Waals surface area contributed by atoms with Gasteiger partial charge in [-0.1, -0.05) is 23.7 Å². The lowest BCUT2D eigenvalue weighted by Crippen LogP contribution is -2.40. The number of rotatable bonds is 8. The van der Waals surface area contributed by atoms with Crippen molar-refractivity contribution in [2.75, 3.05) is 26.8 Å². The van der Waals surface area contributed by atoms with Crippen molar-refractivity contribution in [3.63, 3.8) is 0 Å². The Labute approximate surface area is 174 Å². The van der Waals surface area contributed by atoms with E-state index < -0.39 is 0 Å². The molecule has 1 aromatic carbocycles. The number of benzene rings is 1. The van der Waals surface area contributed by atoms with Gasteiger partial charge in [-0.2, -0.15) is 0 Å². The summed E-state index contributed by atoms with van der Waals surface area (Å²) in [4.78, 5) is 21.2. The number of esters is 1. The predicted octanol–water partition coefficient (Wildman–Crippen LogP) is 3.59. The summed E-state index contributed by atoms with van der Waals surface area (Å²) in [6.45, 7) is 6.86. The fraction of sp³-hybridized carbons (Fsp3) is 0.421. The van der Waals surface area contributed by atoms with Crippen LogP contribution in [-0.4, -0.2) is 43.7 Å². The molecule has 28 heavy (non-hydrogen) atoms. The second-order valence-electron chi connectivity index (χ2n) is 5.83. The Kier molecular flexibility index (Phi) is 8.53. The first-order valence-electron chi connectivity index (χ1n) is 8.95. The molecule has 152 valence electrons. The van der Waals surface area contributed by atoms with E-state index in [9.17, 15) is 4.79 Å². The predicted molar refractivity (Wildman–Crippen MR) is 113 cm³/mol. The van der Waals surface area contributed by atoms with Crippen LogP contribution in [0.4, 0.5) is 0 Å². The van der Waals surface area contributed by atoms with Gasteiger partial charge < -0.3 is 20.1 Å². The largest absolute Gasteiger partial charge is 0.490 e. The zero-order valence-electron chi connectivity index (χ0n) is 16.4. The summed E-state index contributed by atoms with van der Waals surface area (Å²) < 4.78 is 10.7. The monoisotopic (exact) mass is 424 g/mol. The van der Waals surface area contributed by atoms with Crippen molar-refractivity contribution >= 4 is 34.9 Å². The van der Waals surface area contributed by atoms with E-state index in [-0.39, 0.29) is 12.0 Å². The summed E-state index contributed by atoms with van der Waals surface area (Å²) in [6.07, 6.45) is 0. The lowest BCUT2D eigenvalue weighted by Gasteiger charge is -2.16. The molecule has 2 aromatic rings. The summed E-state index contributed by atoms with van der Waals surface area (Å²) in [5, 5.41) is 7.80. The number of thiazole rings is 1. The van der Waals surface area contributed by atoms with Crippen LogP contribution in [-0.2, 0) is 4.74 Å². The van der Waals surface area contributed by atoms with Gasteiger partial charge in [-0.05, 0) is 32.9 Å². The van der Waals surface area contributed by atoms with Crippen molar-refractivity contribution in [3.05, 3.63) is 44.9 Å². The van der Waals surface area contributed by atoms with Gasteiger partial charge in [0, 0.05) is 7.05 Å². The molecule has 0 saturated carbocycles. The van der Waals surface area contributed by atoms with Crippen LogP contribution in [0.3, 0.4) is 0 Å². The zero-order chi connectivity index (χ0) is 20.5. The molecule has 0 saturated heterocycles. The second kappa shape index (κ2) is 10.9. The molecule has 1 atom stereocenters. The highest BCUT2D eigenvalue weighted by molar-refractivity contribution is 7.13. The number of ether oxygens (including phenoxy) is 2. The van der Waals surface area contributed by atoms with Crippen LogP contribution in [0.2, 0.25) is 5.02 Å². The molecule has 2 rings (SSSR count). The van der Waals surface area contributed by atoms with Crippen molar-refractivity contribution in [2.24, 2.45) is 4.99 Å². The van der Waals surface area contributed by atoms with Crippen molar-refractivity contribution < 1.29 is 14.3 Å². The zero-order valence-corrected chi connectivity index (χ0v) is 18.0. The number of carbonyl (C=O) groups is 1. The number of carbonyl (C=O) groups excluding carboxylic acids is 1. The lowest BCUT2D eigenvalue weighted by molar-refractivity contribution is 0.0531. The average molecular weight is 425 g/mol. The number of guanidine groups is 1. The molecular formula is C19H25ClN4O3S. The molecule has 0 radical (unpaired) electrons. The third-order valence-corrected chi connectivity index (χ3v) is 5.34. The Balaban J connectivity index is 1.86. The fourth-order valence-corrected chi connectivity index (χ4v) is 3.50. The molecule has 1 aromatic heterocycles. The number of aryl methyl sites for hydroxylation is 1. The van der Waals surface area contributed by atoms with E-state index >= 15 is 0 Å². The minimum absolute atomic E-state index is 0.123. The number of nitrogens with one attached hydrogen (secondary N) is 2. The first-order valence-corrected chi connectivity index (χ1v) is 10.1. The molecular weight excluding hydrogens is 400 g/mol. The van der Waals surface area contributed by atoms with E-state index in [2.05, 4.69) is 20.6 Å². The van der Waals surface area contributed by atoms with Gasteiger partial charge in [0.2, 0.25) is 0 Å². The van der Waals surface area contributed by atoms with E-state index in [1.807, 2.05) is 25.1 Å². The van der Waals surface area contributed by atoms with Crippen LogP contribution in [0.15, 0.2) is 29.3 Å². The topological polar surface area (TPSA) is 84.8 Å². The highest BCUT2D eigenvalue weighted by Gasteiger charge is 2.20. The summed E-state index contributed by atoms with van der Waals surface area (Å²) >= 11 is 7.39. The van der Waals surface area contributed by atoms with Gasteiger partial charge in [-0.3, -0.25) is 4.99 Å². The molecule has 1 unspecified atom stereocenters. The van der Waals surface area contributed by atoms with Crippen LogP contribution >= 0.6 is 22.9 Å². The molecule has 2 N–H and O–H groups in total. The summed E-state index contributed by atoms with van der Waals surface area (Å²) in [5.41, 5.74) is 0.670. The third kappa shape index (κ3) is 6.10. The maximum atomic E-state index is 12.0. The quantitative estimate of drug-likeness (QED) is 0.291. The molecule has 7 nitrogen and oxygen atoms in total. The maximum absolute atomic E-state index is 12.0. The van der Waals surface area contributed by atoms with E-state index in [0.717, 1.165) is 5.01 Å². The SMILES string of the molecule is CCOC(=O)c1sc(C(C)NC(=NC)NCCOc2ccccc2Cl)nc1C. The number of hydrogen-bond donors (Lipinski definition) is 2. The van der Waals surface area contributed by atoms with Crippen molar-refractivity contribution in [3.8, 4) is 5.75 Å². The van der Waals surface area contributed by atoms with Gasteiger partial charge in [0.05, 0.1) is 29.9 Å². The average Bonchev–Trinajstić information content (AvgIpc) is 3.07. The fourth-order valence-electron chi connectivity index (χ4n) is 2.34. The van der Waals surface area contributed by atoms with E-state index in [1.54, 1.807) is 27.0 Å². The Hall–Kier alpha value is -2.32. The summed E-state index contributed by atoms with van der Waals surface area (Å²) in [5.74, 6) is 0.919. The van der Waals surface area contributed by atoms with Gasteiger partial charge in [-0.25, -0.2) is 9.78 Å². The molecule has 0 amide bonds. The standard InChI is InChI=1S/C19H25ClN4O3S/c1-5-26-18(25)16-12(2)23-17(28-16)13(3)24-19(21-4)22-10-11-27-15-9-7-6-8-14(15)20/h6-9,13H,5,10-11H2,1-4H3,(H2,21,22,24). The smallest absolute Gasteiger partial charge is 0.350 e. The van der Waals surface area contributed by atoms with E-state index in [4.69, 9.17) is 21.1 Å². The number of para-hydroxylation sites is 1. The van der Waals surface area contributed by atoms with Crippen LogP contribution in [0.25, 0.3) is 0 Å². The summed E-state index contributed by atoms with van der Waals surface area (Å²) in [7, 11) is 1.69. The normalized spacial score (nSPS) is 12.4. The molecule has 0 spiro atoms. The first-order chi connectivity index (χ1) is 13.5. The highest BCUT2D eigenvalue weighted by atomic mass is 35.5. The minimum atomic E-state index is -0.338. The molecule has 0 aliphatic carbocycles. The number of aromatic nitrogens is 1. The van der Waals surface area contributed by atoms with E-state index in [1.165, 1.54) is 11.3 Å². The minimum Gasteiger partial charge on any atom is -0.490 e. The highest BCUT2D eigenvalue weighted by Crippen LogP contribution is 2.24. The summed E-state index contributed by atoms with van der Waals surface area (Å²) in [6, 6.07) is 7.21. The second-order valence-corrected chi connectivity index (χ2v) is 7.27. The first kappa shape index (κ1) is 22.0. The van der Waals surface area contributed by atoms with Gasteiger partial charge >= 0.3 is 5.97 Å². The molecule has 0 aliphatic rings. The third-order valence-electron chi connectivity index (χ3n) is 3.71. The van der Waals surface area contributed by atoms with Crippen molar-refractivity contribution in [1.29, 1.82) is 0 Å². The van der Waals surface area contributed by atoms with Crippen molar-refractivity contribution in [1.82, 2.24) is 15.6 Å².